The minimum absolute atomic E-state index is 0.118. The molecule has 1 aromatic heterocycles. The maximum Gasteiger partial charge on any atom is 0.246 e. The number of hydrogen-bond donors (Lipinski definition) is 0. The van der Waals surface area contributed by atoms with Gasteiger partial charge in [0.1, 0.15) is 0 Å². The molecule has 1 aliphatic rings. The lowest BCUT2D eigenvalue weighted by Crippen LogP contribution is -2.50. The fourth-order valence-corrected chi connectivity index (χ4v) is 6.41. The monoisotopic (exact) mass is 447 g/mol. The van der Waals surface area contributed by atoms with Gasteiger partial charge in [-0.2, -0.15) is 4.31 Å². The number of sulfonamides is 1. The molecular weight excluding hydrogens is 418 g/mol. The van der Waals surface area contributed by atoms with Crippen molar-refractivity contribution in [2.24, 2.45) is 0 Å². The molecule has 2 aromatic rings. The highest BCUT2D eigenvalue weighted by atomic mass is 32.2. The van der Waals surface area contributed by atoms with Crippen molar-refractivity contribution in [3.8, 4) is 0 Å². The Hall–Kier alpha value is -2.03. The molecule has 162 valence electrons. The third-order valence-corrected chi connectivity index (χ3v) is 9.08. The van der Waals surface area contributed by atoms with Gasteiger partial charge in [-0.05, 0) is 75.4 Å². The number of thiazole rings is 1. The van der Waals surface area contributed by atoms with Crippen LogP contribution in [0, 0.1) is 41.5 Å². The van der Waals surface area contributed by atoms with Gasteiger partial charge in [-0.25, -0.2) is 13.4 Å². The summed E-state index contributed by atoms with van der Waals surface area (Å²) in [6.45, 7) is 13.0. The van der Waals surface area contributed by atoms with E-state index in [0.29, 0.717) is 31.1 Å². The number of benzene rings is 1. The molecule has 0 atom stereocenters. The minimum atomic E-state index is -3.62. The number of nitrogens with zero attached hydrogens (tertiary/aromatic N) is 3. The van der Waals surface area contributed by atoms with E-state index >= 15 is 0 Å². The van der Waals surface area contributed by atoms with Crippen LogP contribution in [0.3, 0.4) is 0 Å². The first-order chi connectivity index (χ1) is 14.0. The molecular formula is C22H29N3O3S2. The molecule has 0 unspecified atom stereocenters. The van der Waals surface area contributed by atoms with Gasteiger partial charge in [-0.15, -0.1) is 11.3 Å². The smallest absolute Gasteiger partial charge is 0.246 e. The van der Waals surface area contributed by atoms with Crippen LogP contribution in [0.5, 0.6) is 0 Å². The lowest BCUT2D eigenvalue weighted by atomic mass is 9.95. The second-order valence-electron chi connectivity index (χ2n) is 7.81. The lowest BCUT2D eigenvalue weighted by Gasteiger charge is -2.34. The van der Waals surface area contributed by atoms with Crippen molar-refractivity contribution in [1.82, 2.24) is 14.2 Å². The van der Waals surface area contributed by atoms with Gasteiger partial charge in [0.25, 0.3) is 0 Å². The number of aryl methyl sites for hydroxylation is 1. The molecule has 0 bridgehead atoms. The lowest BCUT2D eigenvalue weighted by molar-refractivity contribution is -0.127. The Kier molecular flexibility index (Phi) is 6.50. The van der Waals surface area contributed by atoms with Crippen LogP contribution in [0.2, 0.25) is 0 Å². The Morgan fingerprint density at radius 2 is 1.47 bits per heavy atom. The number of amides is 1. The number of piperazine rings is 1. The Bertz CT molecular complexity index is 1080. The van der Waals surface area contributed by atoms with E-state index in [-0.39, 0.29) is 5.91 Å². The van der Waals surface area contributed by atoms with Crippen molar-refractivity contribution in [2.45, 2.75) is 46.4 Å². The highest BCUT2D eigenvalue weighted by molar-refractivity contribution is 7.89. The van der Waals surface area contributed by atoms with Crippen molar-refractivity contribution in [3.63, 3.8) is 0 Å². The first-order valence-corrected chi connectivity index (χ1v) is 12.3. The maximum atomic E-state index is 13.4. The number of rotatable bonds is 4. The number of hydrogen-bond acceptors (Lipinski definition) is 5. The van der Waals surface area contributed by atoms with Gasteiger partial charge in [-0.3, -0.25) is 4.79 Å². The molecule has 1 fully saturated rings. The molecule has 1 aromatic carbocycles. The van der Waals surface area contributed by atoms with E-state index in [9.17, 15) is 13.2 Å². The standard InChI is InChI=1S/C22H29N3O3S2/c1-14-15(2)17(4)22(18(5)16(14)3)30(27,28)25-11-9-24(10-12-25)21(26)8-7-20-13-29-19(6)23-20/h7-8,13H,9-12H2,1-6H3. The fraction of sp³-hybridized carbons (Fsp3) is 0.455. The first kappa shape index (κ1) is 22.7. The average Bonchev–Trinajstić information content (AvgIpc) is 3.14. The number of carbonyl (C=O) groups excluding carboxylic acids is 1. The molecule has 1 saturated heterocycles. The van der Waals surface area contributed by atoms with Crippen molar-refractivity contribution >= 4 is 33.3 Å². The fourth-order valence-electron chi connectivity index (χ4n) is 3.85. The average molecular weight is 448 g/mol. The Labute approximate surface area is 183 Å². The molecule has 0 radical (unpaired) electrons. The third kappa shape index (κ3) is 4.22. The Morgan fingerprint density at radius 1 is 0.933 bits per heavy atom. The molecule has 0 aliphatic carbocycles. The summed E-state index contributed by atoms with van der Waals surface area (Å²) in [4.78, 5) is 18.9. The van der Waals surface area contributed by atoms with Gasteiger partial charge >= 0.3 is 0 Å². The van der Waals surface area contributed by atoms with E-state index < -0.39 is 10.0 Å². The highest BCUT2D eigenvalue weighted by Crippen LogP contribution is 2.32. The minimum Gasteiger partial charge on any atom is -0.337 e. The third-order valence-electron chi connectivity index (χ3n) is 6.11. The summed E-state index contributed by atoms with van der Waals surface area (Å²) in [5.41, 5.74) is 5.58. The zero-order valence-electron chi connectivity index (χ0n) is 18.4. The predicted molar refractivity (Wildman–Crippen MR) is 121 cm³/mol. The van der Waals surface area contributed by atoms with E-state index in [1.165, 1.54) is 21.7 Å². The van der Waals surface area contributed by atoms with Gasteiger partial charge in [0, 0.05) is 37.6 Å². The van der Waals surface area contributed by atoms with E-state index in [4.69, 9.17) is 0 Å². The van der Waals surface area contributed by atoms with Gasteiger partial charge < -0.3 is 4.90 Å². The van der Waals surface area contributed by atoms with Gasteiger partial charge in [0.15, 0.2) is 0 Å². The number of aromatic nitrogens is 1. The summed E-state index contributed by atoms with van der Waals surface area (Å²) in [6.07, 6.45) is 3.22. The second kappa shape index (κ2) is 8.61. The SMILES string of the molecule is Cc1nc(C=CC(=O)N2CCN(S(=O)(=O)c3c(C)c(C)c(C)c(C)c3C)CC2)cs1. The van der Waals surface area contributed by atoms with Gasteiger partial charge in [0.05, 0.1) is 15.6 Å². The molecule has 3 rings (SSSR count). The number of carbonyl (C=O) groups is 1. The highest BCUT2D eigenvalue weighted by Gasteiger charge is 2.33. The van der Waals surface area contributed by atoms with Crippen molar-refractivity contribution in [2.75, 3.05) is 26.2 Å². The van der Waals surface area contributed by atoms with Crippen LogP contribution in [0.15, 0.2) is 16.4 Å². The second-order valence-corrected chi connectivity index (χ2v) is 10.7. The topological polar surface area (TPSA) is 70.6 Å². The molecule has 0 spiro atoms. The van der Waals surface area contributed by atoms with Crippen molar-refractivity contribution in [1.29, 1.82) is 0 Å². The van der Waals surface area contributed by atoms with Crippen LogP contribution in [0.4, 0.5) is 0 Å². The molecule has 2 heterocycles. The summed E-state index contributed by atoms with van der Waals surface area (Å²) in [5, 5.41) is 2.85. The van der Waals surface area contributed by atoms with E-state index in [2.05, 4.69) is 4.98 Å². The zero-order valence-corrected chi connectivity index (χ0v) is 20.1. The summed E-state index contributed by atoms with van der Waals surface area (Å²) in [7, 11) is -3.62. The van der Waals surface area contributed by atoms with Gasteiger partial charge in [-0.1, -0.05) is 0 Å². The van der Waals surface area contributed by atoms with E-state index in [1.54, 1.807) is 11.0 Å². The molecule has 6 nitrogen and oxygen atoms in total. The largest absolute Gasteiger partial charge is 0.337 e. The van der Waals surface area contributed by atoms with Crippen molar-refractivity contribution in [3.05, 3.63) is 50.0 Å². The molecule has 1 amide bonds. The Balaban J connectivity index is 1.75. The molecule has 30 heavy (non-hydrogen) atoms. The van der Waals surface area contributed by atoms with Crippen LogP contribution in [-0.4, -0.2) is 54.7 Å². The summed E-state index contributed by atoms with van der Waals surface area (Å²) in [6, 6.07) is 0. The van der Waals surface area contributed by atoms with E-state index in [1.807, 2.05) is 46.9 Å². The summed E-state index contributed by atoms with van der Waals surface area (Å²) >= 11 is 1.54. The summed E-state index contributed by atoms with van der Waals surface area (Å²) < 4.78 is 28.4. The molecule has 1 aliphatic heterocycles. The van der Waals surface area contributed by atoms with Crippen molar-refractivity contribution < 1.29 is 13.2 Å². The van der Waals surface area contributed by atoms with Crippen LogP contribution in [0.25, 0.3) is 6.08 Å². The molecule has 0 saturated carbocycles. The van der Waals surface area contributed by atoms with Crippen LogP contribution in [-0.2, 0) is 14.8 Å². The van der Waals surface area contributed by atoms with E-state index in [0.717, 1.165) is 38.5 Å². The molecule has 0 N–H and O–H groups in total. The van der Waals surface area contributed by atoms with Crippen LogP contribution >= 0.6 is 11.3 Å². The predicted octanol–water partition coefficient (Wildman–Crippen LogP) is 3.54. The van der Waals surface area contributed by atoms with Crippen LogP contribution in [0.1, 0.15) is 38.5 Å². The molecule has 8 heteroatoms. The maximum absolute atomic E-state index is 13.4. The van der Waals surface area contributed by atoms with Gasteiger partial charge in [0.2, 0.25) is 15.9 Å². The normalized spacial score (nSPS) is 15.9. The summed E-state index contributed by atoms with van der Waals surface area (Å²) in [5.74, 6) is -0.118. The van der Waals surface area contributed by atoms with Crippen LogP contribution < -0.4 is 0 Å². The zero-order chi connectivity index (χ0) is 22.2. The quantitative estimate of drug-likeness (QED) is 0.672. The first-order valence-electron chi connectivity index (χ1n) is 10.00. The Morgan fingerprint density at radius 3 is 1.97 bits per heavy atom.